The summed E-state index contributed by atoms with van der Waals surface area (Å²) >= 11 is 0. The van der Waals surface area contributed by atoms with Crippen LogP contribution in [0.3, 0.4) is 0 Å². The number of amides is 2. The molecule has 0 saturated carbocycles. The van der Waals surface area contributed by atoms with Crippen LogP contribution < -0.4 is 4.90 Å². The number of piperidine rings is 1. The molecule has 0 radical (unpaired) electrons. The number of anilines is 1. The predicted octanol–water partition coefficient (Wildman–Crippen LogP) is 4.05. The average molecular weight is 487 g/mol. The van der Waals surface area contributed by atoms with Crippen molar-refractivity contribution in [3.05, 3.63) is 65.9 Å². The first-order valence-electron chi connectivity index (χ1n) is 12.3. The molecule has 9 nitrogen and oxygen atoms in total. The molecule has 1 aliphatic rings. The number of benzene rings is 1. The molecule has 1 aliphatic heterocycles. The summed E-state index contributed by atoms with van der Waals surface area (Å²) in [5.74, 6) is 1.06. The number of rotatable bonds is 6. The van der Waals surface area contributed by atoms with E-state index in [0.717, 1.165) is 28.2 Å². The molecular formula is C27H30N6O3. The molecule has 0 N–H and O–H groups in total. The van der Waals surface area contributed by atoms with Crippen molar-refractivity contribution in [1.29, 1.82) is 0 Å². The molecule has 0 atom stereocenters. The quantitative estimate of drug-likeness (QED) is 0.408. The summed E-state index contributed by atoms with van der Waals surface area (Å²) in [4.78, 5) is 33.9. The van der Waals surface area contributed by atoms with E-state index in [1.54, 1.807) is 6.92 Å². The molecule has 9 heteroatoms. The molecule has 186 valence electrons. The first-order valence-corrected chi connectivity index (χ1v) is 12.3. The van der Waals surface area contributed by atoms with Gasteiger partial charge in [-0.1, -0.05) is 19.1 Å². The van der Waals surface area contributed by atoms with Gasteiger partial charge in [-0.05, 0) is 49.6 Å². The second kappa shape index (κ2) is 9.93. The van der Waals surface area contributed by atoms with Crippen LogP contribution in [0, 0.1) is 12.8 Å². The SMILES string of the molecule is CCc1nnc(-c2ccn3cc(CN(C(=O)C4CCN(C(C)=O)CC4)c4cccc(C)c4)nc3c2)o1. The van der Waals surface area contributed by atoms with Crippen molar-refractivity contribution in [2.24, 2.45) is 5.92 Å². The van der Waals surface area contributed by atoms with Gasteiger partial charge in [0.15, 0.2) is 0 Å². The maximum absolute atomic E-state index is 13.7. The van der Waals surface area contributed by atoms with Crippen molar-refractivity contribution >= 4 is 23.1 Å². The van der Waals surface area contributed by atoms with E-state index in [4.69, 9.17) is 9.40 Å². The third-order valence-corrected chi connectivity index (χ3v) is 6.72. The summed E-state index contributed by atoms with van der Waals surface area (Å²) < 4.78 is 7.62. The average Bonchev–Trinajstić information content (AvgIpc) is 3.53. The fourth-order valence-electron chi connectivity index (χ4n) is 4.67. The highest BCUT2D eigenvalue weighted by atomic mass is 16.4. The number of hydrogen-bond acceptors (Lipinski definition) is 6. The van der Waals surface area contributed by atoms with Crippen LogP contribution in [0.5, 0.6) is 0 Å². The fraction of sp³-hybridized carbons (Fsp3) is 0.370. The van der Waals surface area contributed by atoms with Crippen LogP contribution >= 0.6 is 0 Å². The summed E-state index contributed by atoms with van der Waals surface area (Å²) in [5.41, 5.74) is 4.26. The number of aromatic nitrogens is 4. The zero-order valence-electron chi connectivity index (χ0n) is 20.8. The van der Waals surface area contributed by atoms with Gasteiger partial charge in [-0.15, -0.1) is 10.2 Å². The minimum absolute atomic E-state index is 0.0620. The van der Waals surface area contributed by atoms with Gasteiger partial charge < -0.3 is 18.6 Å². The molecule has 36 heavy (non-hydrogen) atoms. The van der Waals surface area contributed by atoms with E-state index >= 15 is 0 Å². The molecule has 0 bridgehead atoms. The number of imidazole rings is 1. The Balaban J connectivity index is 1.41. The van der Waals surface area contributed by atoms with E-state index in [9.17, 15) is 9.59 Å². The van der Waals surface area contributed by atoms with Crippen LogP contribution in [0.4, 0.5) is 5.69 Å². The Hall–Kier alpha value is -4.01. The fourth-order valence-corrected chi connectivity index (χ4v) is 4.67. The number of aryl methyl sites for hydroxylation is 2. The highest BCUT2D eigenvalue weighted by molar-refractivity contribution is 5.95. The van der Waals surface area contributed by atoms with Crippen molar-refractivity contribution in [1.82, 2.24) is 24.5 Å². The van der Waals surface area contributed by atoms with E-state index in [1.807, 2.05) is 76.8 Å². The Bertz CT molecular complexity index is 1400. The summed E-state index contributed by atoms with van der Waals surface area (Å²) in [6.07, 6.45) is 5.86. The molecule has 5 rings (SSSR count). The van der Waals surface area contributed by atoms with E-state index in [-0.39, 0.29) is 17.7 Å². The molecule has 0 aliphatic carbocycles. The zero-order valence-corrected chi connectivity index (χ0v) is 20.8. The monoisotopic (exact) mass is 486 g/mol. The normalized spacial score (nSPS) is 14.4. The third kappa shape index (κ3) is 4.86. The van der Waals surface area contributed by atoms with Crippen LogP contribution in [-0.4, -0.2) is 49.4 Å². The van der Waals surface area contributed by atoms with Gasteiger partial charge >= 0.3 is 0 Å². The standard InChI is InChI=1S/C27H30N6O3/c1-4-25-29-30-26(36-25)21-10-13-32-16-22(28-24(32)15-21)17-33(23-7-5-6-18(2)14-23)27(35)20-8-11-31(12-9-20)19(3)34/h5-7,10,13-16,20H,4,8-9,11-12,17H2,1-3H3. The van der Waals surface area contributed by atoms with Crippen molar-refractivity contribution in [2.45, 2.75) is 46.6 Å². The van der Waals surface area contributed by atoms with Gasteiger partial charge in [0.25, 0.3) is 0 Å². The second-order valence-electron chi connectivity index (χ2n) is 9.31. The molecule has 1 aromatic carbocycles. The molecule has 1 saturated heterocycles. The zero-order chi connectivity index (χ0) is 25.2. The largest absolute Gasteiger partial charge is 0.421 e. The molecule has 1 fully saturated rings. The second-order valence-corrected chi connectivity index (χ2v) is 9.31. The molecule has 4 aromatic rings. The number of pyridine rings is 1. The van der Waals surface area contributed by atoms with Crippen LogP contribution in [0.2, 0.25) is 0 Å². The minimum Gasteiger partial charge on any atom is -0.421 e. The number of likely N-dealkylation sites (tertiary alicyclic amines) is 1. The van der Waals surface area contributed by atoms with Crippen molar-refractivity contribution < 1.29 is 14.0 Å². The first-order chi connectivity index (χ1) is 17.4. The third-order valence-electron chi connectivity index (χ3n) is 6.72. The summed E-state index contributed by atoms with van der Waals surface area (Å²) in [5, 5.41) is 8.17. The first kappa shape index (κ1) is 23.7. The molecule has 3 aromatic heterocycles. The Morgan fingerprint density at radius 2 is 1.94 bits per heavy atom. The maximum Gasteiger partial charge on any atom is 0.247 e. The van der Waals surface area contributed by atoms with E-state index in [2.05, 4.69) is 10.2 Å². The van der Waals surface area contributed by atoms with Crippen LogP contribution in [-0.2, 0) is 22.6 Å². The highest BCUT2D eigenvalue weighted by Gasteiger charge is 2.30. The van der Waals surface area contributed by atoms with Crippen LogP contribution in [0.1, 0.15) is 43.8 Å². The van der Waals surface area contributed by atoms with Gasteiger partial charge in [0.1, 0.15) is 5.65 Å². The number of carbonyl (C=O) groups is 2. The summed E-state index contributed by atoms with van der Waals surface area (Å²) in [6, 6.07) is 11.8. The van der Waals surface area contributed by atoms with Crippen molar-refractivity contribution in [3.63, 3.8) is 0 Å². The number of fused-ring (bicyclic) bond motifs is 1. The van der Waals surface area contributed by atoms with Gasteiger partial charge in [-0.3, -0.25) is 9.59 Å². The Labute approximate surface area is 209 Å². The number of hydrogen-bond donors (Lipinski definition) is 0. The summed E-state index contributed by atoms with van der Waals surface area (Å²) in [6.45, 7) is 7.14. The lowest BCUT2D eigenvalue weighted by molar-refractivity contribution is -0.133. The van der Waals surface area contributed by atoms with Crippen molar-refractivity contribution in [2.75, 3.05) is 18.0 Å². The molecule has 0 unspecified atom stereocenters. The van der Waals surface area contributed by atoms with E-state index in [1.165, 1.54) is 0 Å². The predicted molar refractivity (Wildman–Crippen MR) is 135 cm³/mol. The lowest BCUT2D eigenvalue weighted by atomic mass is 9.94. The van der Waals surface area contributed by atoms with Gasteiger partial charge in [0, 0.05) is 56.0 Å². The maximum atomic E-state index is 13.7. The number of nitrogens with zero attached hydrogens (tertiary/aromatic N) is 6. The van der Waals surface area contributed by atoms with Crippen LogP contribution in [0.15, 0.2) is 53.2 Å². The molecular weight excluding hydrogens is 456 g/mol. The van der Waals surface area contributed by atoms with Crippen molar-refractivity contribution in [3.8, 4) is 11.5 Å². The Morgan fingerprint density at radius 3 is 2.64 bits per heavy atom. The van der Waals surface area contributed by atoms with Gasteiger partial charge in [0.05, 0.1) is 12.2 Å². The molecule has 2 amide bonds. The van der Waals surface area contributed by atoms with Gasteiger partial charge in [-0.25, -0.2) is 4.98 Å². The smallest absolute Gasteiger partial charge is 0.247 e. The lowest BCUT2D eigenvalue weighted by Gasteiger charge is -2.33. The topological polar surface area (TPSA) is 96.8 Å². The Kier molecular flexibility index (Phi) is 6.54. The Morgan fingerprint density at radius 1 is 1.14 bits per heavy atom. The highest BCUT2D eigenvalue weighted by Crippen LogP contribution is 2.27. The van der Waals surface area contributed by atoms with Crippen LogP contribution in [0.25, 0.3) is 17.1 Å². The minimum atomic E-state index is -0.130. The molecule has 0 spiro atoms. The van der Waals surface area contributed by atoms with E-state index < -0.39 is 0 Å². The van der Waals surface area contributed by atoms with Gasteiger partial charge in [-0.2, -0.15) is 0 Å². The lowest BCUT2D eigenvalue weighted by Crippen LogP contribution is -2.43. The number of carbonyl (C=O) groups excluding carboxylic acids is 2. The molecule has 4 heterocycles. The van der Waals surface area contributed by atoms with E-state index in [0.29, 0.717) is 50.7 Å². The van der Waals surface area contributed by atoms with Gasteiger partial charge in [0.2, 0.25) is 23.6 Å². The summed E-state index contributed by atoms with van der Waals surface area (Å²) in [7, 11) is 0.